The van der Waals surface area contributed by atoms with Crippen LogP contribution in [0, 0.1) is 0 Å². The summed E-state index contributed by atoms with van der Waals surface area (Å²) in [5.41, 5.74) is 5.77. The number of carbonyl (C=O) groups is 1. The van der Waals surface area contributed by atoms with E-state index in [1.807, 2.05) is 0 Å². The molecule has 0 spiro atoms. The van der Waals surface area contributed by atoms with Gasteiger partial charge in [0.05, 0.1) is 30.0 Å². The average Bonchev–Trinajstić information content (AvgIpc) is 2.27. The summed E-state index contributed by atoms with van der Waals surface area (Å²) in [4.78, 5) is 12.1. The van der Waals surface area contributed by atoms with Crippen molar-refractivity contribution in [2.75, 3.05) is 12.8 Å². The number of nitrogen functional groups attached to an aromatic ring is 1. The van der Waals surface area contributed by atoms with Crippen molar-refractivity contribution < 1.29 is 14.6 Å². The first-order chi connectivity index (χ1) is 8.29. The van der Waals surface area contributed by atoms with E-state index in [0.29, 0.717) is 17.0 Å². The number of aliphatic hydroxyl groups is 1. The molecule has 0 aliphatic rings. The van der Waals surface area contributed by atoms with E-state index < -0.39 is 11.6 Å². The third kappa shape index (κ3) is 2.92. The van der Waals surface area contributed by atoms with Crippen molar-refractivity contribution in [1.82, 2.24) is 5.32 Å². The quantitative estimate of drug-likeness (QED) is 0.702. The molecule has 0 saturated heterocycles. The molecule has 1 unspecified atom stereocenters. The zero-order valence-corrected chi connectivity index (χ0v) is 11.2. The van der Waals surface area contributed by atoms with Gasteiger partial charge in [0.25, 0.3) is 5.91 Å². The molecule has 18 heavy (non-hydrogen) atoms. The Labute approximate surface area is 107 Å². The number of benzene rings is 1. The Bertz CT molecular complexity index is 442. The second-order valence-electron chi connectivity index (χ2n) is 4.78. The van der Waals surface area contributed by atoms with E-state index in [1.54, 1.807) is 39.0 Å². The fraction of sp³-hybridized carbons (Fsp3) is 0.462. The van der Waals surface area contributed by atoms with Gasteiger partial charge in [-0.1, -0.05) is 6.07 Å². The number of amides is 1. The lowest BCUT2D eigenvalue weighted by atomic mass is 9.98. The average molecular weight is 252 g/mol. The molecule has 100 valence electrons. The molecule has 5 heteroatoms. The van der Waals surface area contributed by atoms with Gasteiger partial charge >= 0.3 is 0 Å². The fourth-order valence-corrected chi connectivity index (χ4v) is 1.43. The molecule has 0 aliphatic heterocycles. The van der Waals surface area contributed by atoms with Gasteiger partial charge in [0, 0.05) is 0 Å². The molecule has 1 amide bonds. The highest BCUT2D eigenvalue weighted by Gasteiger charge is 2.27. The van der Waals surface area contributed by atoms with Gasteiger partial charge in [0.2, 0.25) is 0 Å². The van der Waals surface area contributed by atoms with Crippen LogP contribution < -0.4 is 15.8 Å². The molecule has 0 fully saturated rings. The summed E-state index contributed by atoms with van der Waals surface area (Å²) >= 11 is 0. The number of para-hydroxylation sites is 1. The van der Waals surface area contributed by atoms with Crippen molar-refractivity contribution >= 4 is 11.6 Å². The van der Waals surface area contributed by atoms with Crippen LogP contribution in [0.25, 0.3) is 0 Å². The van der Waals surface area contributed by atoms with Gasteiger partial charge in [-0.25, -0.2) is 0 Å². The summed E-state index contributed by atoms with van der Waals surface area (Å²) in [5.74, 6) is 0.0152. The third-order valence-electron chi connectivity index (χ3n) is 2.97. The van der Waals surface area contributed by atoms with E-state index in [4.69, 9.17) is 10.5 Å². The van der Waals surface area contributed by atoms with Crippen LogP contribution in [0.3, 0.4) is 0 Å². The SMILES string of the molecule is COc1c(N)cccc1C(=O)NC(C)(C)C(C)O. The van der Waals surface area contributed by atoms with Crippen LogP contribution in [0.15, 0.2) is 18.2 Å². The number of ether oxygens (including phenoxy) is 1. The number of anilines is 1. The Kier molecular flexibility index (Phi) is 4.19. The summed E-state index contributed by atoms with van der Waals surface area (Å²) in [7, 11) is 1.46. The third-order valence-corrected chi connectivity index (χ3v) is 2.97. The zero-order chi connectivity index (χ0) is 13.9. The zero-order valence-electron chi connectivity index (χ0n) is 11.2. The van der Waals surface area contributed by atoms with Crippen molar-refractivity contribution in [2.45, 2.75) is 32.4 Å². The number of aliphatic hydroxyl groups excluding tert-OH is 1. The molecule has 0 bridgehead atoms. The molecule has 1 rings (SSSR count). The molecule has 0 radical (unpaired) electrons. The minimum Gasteiger partial charge on any atom is -0.494 e. The summed E-state index contributed by atoms with van der Waals surface area (Å²) in [6, 6.07) is 4.97. The second kappa shape index (κ2) is 5.27. The molecule has 1 atom stereocenters. The summed E-state index contributed by atoms with van der Waals surface area (Å²) in [6.45, 7) is 5.11. The Morgan fingerprint density at radius 1 is 1.50 bits per heavy atom. The standard InChI is InChI=1S/C13H20N2O3/c1-8(16)13(2,3)15-12(17)9-6-5-7-10(14)11(9)18-4/h5-8,16H,14H2,1-4H3,(H,15,17). The molecular formula is C13H20N2O3. The van der Waals surface area contributed by atoms with Gasteiger partial charge in [-0.3, -0.25) is 4.79 Å². The lowest BCUT2D eigenvalue weighted by molar-refractivity contribution is 0.0707. The van der Waals surface area contributed by atoms with E-state index in [-0.39, 0.29) is 5.91 Å². The van der Waals surface area contributed by atoms with Crippen LogP contribution in [0.1, 0.15) is 31.1 Å². The first-order valence-corrected chi connectivity index (χ1v) is 5.72. The van der Waals surface area contributed by atoms with Crippen LogP contribution in [0.5, 0.6) is 5.75 Å². The van der Waals surface area contributed by atoms with Crippen molar-refractivity contribution in [2.24, 2.45) is 0 Å². The van der Waals surface area contributed by atoms with E-state index in [0.717, 1.165) is 0 Å². The lowest BCUT2D eigenvalue weighted by Crippen LogP contribution is -2.51. The number of carbonyl (C=O) groups excluding carboxylic acids is 1. The minimum atomic E-state index is -0.729. The van der Waals surface area contributed by atoms with Crippen LogP contribution in [0.2, 0.25) is 0 Å². The molecule has 1 aromatic carbocycles. The Morgan fingerprint density at radius 2 is 2.11 bits per heavy atom. The number of hydrogen-bond donors (Lipinski definition) is 3. The smallest absolute Gasteiger partial charge is 0.255 e. The normalized spacial score (nSPS) is 12.9. The number of nitrogens with two attached hydrogens (primary N) is 1. The molecule has 4 N–H and O–H groups in total. The molecular weight excluding hydrogens is 232 g/mol. The van der Waals surface area contributed by atoms with Crippen LogP contribution >= 0.6 is 0 Å². The highest BCUT2D eigenvalue weighted by atomic mass is 16.5. The molecule has 0 saturated carbocycles. The van der Waals surface area contributed by atoms with Crippen molar-refractivity contribution in [3.8, 4) is 5.75 Å². The van der Waals surface area contributed by atoms with Crippen LogP contribution in [-0.4, -0.2) is 29.8 Å². The maximum Gasteiger partial charge on any atom is 0.255 e. The van der Waals surface area contributed by atoms with E-state index in [1.165, 1.54) is 7.11 Å². The summed E-state index contributed by atoms with van der Waals surface area (Å²) in [5, 5.41) is 12.3. The van der Waals surface area contributed by atoms with Crippen LogP contribution in [0.4, 0.5) is 5.69 Å². The van der Waals surface area contributed by atoms with Crippen molar-refractivity contribution in [3.05, 3.63) is 23.8 Å². The number of nitrogens with one attached hydrogen (secondary N) is 1. The van der Waals surface area contributed by atoms with E-state index in [2.05, 4.69) is 5.32 Å². The largest absolute Gasteiger partial charge is 0.494 e. The fourth-order valence-electron chi connectivity index (χ4n) is 1.43. The topological polar surface area (TPSA) is 84.6 Å². The van der Waals surface area contributed by atoms with Gasteiger partial charge in [0.15, 0.2) is 5.75 Å². The maximum absolute atomic E-state index is 12.1. The maximum atomic E-state index is 12.1. The Hall–Kier alpha value is -1.75. The minimum absolute atomic E-state index is 0.329. The number of methoxy groups -OCH3 is 1. The first-order valence-electron chi connectivity index (χ1n) is 5.72. The lowest BCUT2D eigenvalue weighted by Gasteiger charge is -2.29. The summed E-state index contributed by atoms with van der Waals surface area (Å²) < 4.78 is 5.12. The highest BCUT2D eigenvalue weighted by molar-refractivity contribution is 5.99. The van der Waals surface area contributed by atoms with Gasteiger partial charge in [-0.15, -0.1) is 0 Å². The number of rotatable bonds is 4. The Morgan fingerprint density at radius 3 is 2.61 bits per heavy atom. The van der Waals surface area contributed by atoms with E-state index >= 15 is 0 Å². The predicted octanol–water partition coefficient (Wildman–Crippen LogP) is 1.17. The van der Waals surface area contributed by atoms with Crippen LogP contribution in [-0.2, 0) is 0 Å². The summed E-state index contributed by atoms with van der Waals surface area (Å²) in [6.07, 6.45) is -0.673. The monoisotopic (exact) mass is 252 g/mol. The van der Waals surface area contributed by atoms with Gasteiger partial charge < -0.3 is 20.9 Å². The Balaban J connectivity index is 3.02. The first kappa shape index (κ1) is 14.3. The molecule has 1 aromatic rings. The highest BCUT2D eigenvalue weighted by Crippen LogP contribution is 2.26. The predicted molar refractivity (Wildman–Crippen MR) is 70.6 cm³/mol. The van der Waals surface area contributed by atoms with Gasteiger partial charge in [-0.05, 0) is 32.9 Å². The van der Waals surface area contributed by atoms with Gasteiger partial charge in [-0.2, -0.15) is 0 Å². The van der Waals surface area contributed by atoms with E-state index in [9.17, 15) is 9.90 Å². The second-order valence-corrected chi connectivity index (χ2v) is 4.78. The molecule has 0 aromatic heterocycles. The molecule has 0 heterocycles. The molecule has 5 nitrogen and oxygen atoms in total. The van der Waals surface area contributed by atoms with Gasteiger partial charge in [0.1, 0.15) is 0 Å². The number of hydrogen-bond acceptors (Lipinski definition) is 4. The van der Waals surface area contributed by atoms with Crippen molar-refractivity contribution in [1.29, 1.82) is 0 Å². The van der Waals surface area contributed by atoms with Crippen molar-refractivity contribution in [3.63, 3.8) is 0 Å². The molecule has 0 aliphatic carbocycles.